The van der Waals surface area contributed by atoms with Crippen LogP contribution in [0.3, 0.4) is 0 Å². The van der Waals surface area contributed by atoms with Crippen LogP contribution in [0.5, 0.6) is 0 Å². The molecule has 1 aromatic carbocycles. The maximum absolute atomic E-state index is 12.9. The average molecular weight is 379 g/mol. The van der Waals surface area contributed by atoms with Gasteiger partial charge in [0.1, 0.15) is 0 Å². The third kappa shape index (κ3) is 3.65. The third-order valence-corrected chi connectivity index (χ3v) is 4.89. The number of carbonyl (C=O) groups is 1. The maximum atomic E-state index is 12.9. The summed E-state index contributed by atoms with van der Waals surface area (Å²) in [6, 6.07) is 8.18. The van der Waals surface area contributed by atoms with E-state index in [0.29, 0.717) is 16.3 Å². The van der Waals surface area contributed by atoms with Crippen molar-refractivity contribution in [1.82, 2.24) is 15.1 Å². The van der Waals surface area contributed by atoms with Crippen LogP contribution in [0.1, 0.15) is 39.5 Å². The van der Waals surface area contributed by atoms with Crippen molar-refractivity contribution in [3.8, 4) is 5.69 Å². The number of nitrogens with zero attached hydrogens (tertiary/aromatic N) is 2. The highest BCUT2D eigenvalue weighted by molar-refractivity contribution is 7.12. The molecule has 0 aliphatic carbocycles. The van der Waals surface area contributed by atoms with Crippen LogP contribution in [0.2, 0.25) is 0 Å². The Balaban J connectivity index is 1.85. The van der Waals surface area contributed by atoms with Crippen LogP contribution in [-0.2, 0) is 6.18 Å². The summed E-state index contributed by atoms with van der Waals surface area (Å²) in [6.45, 7) is 3.57. The first-order valence-electron chi connectivity index (χ1n) is 7.84. The Morgan fingerprint density at radius 3 is 2.69 bits per heavy atom. The summed E-state index contributed by atoms with van der Waals surface area (Å²) < 4.78 is 40.2. The van der Waals surface area contributed by atoms with E-state index in [-0.39, 0.29) is 11.9 Å². The van der Waals surface area contributed by atoms with Crippen molar-refractivity contribution in [2.24, 2.45) is 0 Å². The molecule has 0 radical (unpaired) electrons. The first-order chi connectivity index (χ1) is 12.3. The van der Waals surface area contributed by atoms with Gasteiger partial charge in [0.2, 0.25) is 0 Å². The molecule has 2 aromatic heterocycles. The minimum atomic E-state index is -4.41. The summed E-state index contributed by atoms with van der Waals surface area (Å²) in [5.41, 5.74) is 1.00. The molecule has 0 saturated heterocycles. The number of alkyl halides is 3. The number of hydrogen-bond acceptors (Lipinski definition) is 3. The molecule has 1 amide bonds. The van der Waals surface area contributed by atoms with Crippen molar-refractivity contribution in [2.45, 2.75) is 26.1 Å². The quantitative estimate of drug-likeness (QED) is 0.711. The van der Waals surface area contributed by atoms with Gasteiger partial charge >= 0.3 is 6.18 Å². The van der Waals surface area contributed by atoms with Gasteiger partial charge in [-0.2, -0.15) is 18.3 Å². The molecule has 3 rings (SSSR count). The number of aromatic nitrogens is 2. The molecule has 0 saturated carbocycles. The summed E-state index contributed by atoms with van der Waals surface area (Å²) in [6.07, 6.45) is -2.85. The Morgan fingerprint density at radius 2 is 2.04 bits per heavy atom. The van der Waals surface area contributed by atoms with Crippen molar-refractivity contribution in [2.75, 3.05) is 0 Å². The molecular weight excluding hydrogens is 363 g/mol. The van der Waals surface area contributed by atoms with Crippen molar-refractivity contribution < 1.29 is 18.0 Å². The monoisotopic (exact) mass is 379 g/mol. The Morgan fingerprint density at radius 1 is 1.27 bits per heavy atom. The normalized spacial score (nSPS) is 12.8. The van der Waals surface area contributed by atoms with Crippen LogP contribution < -0.4 is 5.32 Å². The van der Waals surface area contributed by atoms with E-state index in [9.17, 15) is 18.0 Å². The molecule has 0 unspecified atom stereocenters. The van der Waals surface area contributed by atoms with Crippen LogP contribution >= 0.6 is 11.3 Å². The second-order valence-corrected chi connectivity index (χ2v) is 6.77. The fraction of sp³-hybridized carbons (Fsp3) is 0.222. The summed E-state index contributed by atoms with van der Waals surface area (Å²) in [4.78, 5) is 12.8. The summed E-state index contributed by atoms with van der Waals surface area (Å²) in [5, 5.41) is 8.89. The maximum Gasteiger partial charge on any atom is 0.416 e. The highest BCUT2D eigenvalue weighted by Crippen LogP contribution is 2.31. The van der Waals surface area contributed by atoms with E-state index in [4.69, 9.17) is 0 Å². The fourth-order valence-corrected chi connectivity index (χ4v) is 3.30. The zero-order valence-corrected chi connectivity index (χ0v) is 14.9. The van der Waals surface area contributed by atoms with E-state index < -0.39 is 11.7 Å². The lowest BCUT2D eigenvalue weighted by Crippen LogP contribution is -2.26. The highest BCUT2D eigenvalue weighted by atomic mass is 32.1. The van der Waals surface area contributed by atoms with E-state index in [1.807, 2.05) is 12.3 Å². The van der Waals surface area contributed by atoms with Crippen LogP contribution in [-0.4, -0.2) is 15.7 Å². The number of hydrogen-bond donors (Lipinski definition) is 1. The Bertz CT molecular complexity index is 916. The zero-order chi connectivity index (χ0) is 18.9. The van der Waals surface area contributed by atoms with E-state index >= 15 is 0 Å². The summed E-state index contributed by atoms with van der Waals surface area (Å²) in [5.74, 6) is -0.196. The molecule has 136 valence electrons. The molecule has 0 aliphatic heterocycles. The predicted molar refractivity (Wildman–Crippen MR) is 93.5 cm³/mol. The van der Waals surface area contributed by atoms with Gasteiger partial charge < -0.3 is 5.32 Å². The number of nitrogens with one attached hydrogen (secondary N) is 1. The molecule has 1 atom stereocenters. The van der Waals surface area contributed by atoms with Crippen LogP contribution in [0.25, 0.3) is 5.69 Å². The number of rotatable bonds is 4. The van der Waals surface area contributed by atoms with Gasteiger partial charge in [-0.15, -0.1) is 11.3 Å². The number of amides is 1. The molecule has 26 heavy (non-hydrogen) atoms. The first-order valence-corrected chi connectivity index (χ1v) is 8.72. The van der Waals surface area contributed by atoms with Gasteiger partial charge in [-0.25, -0.2) is 4.68 Å². The van der Waals surface area contributed by atoms with Gasteiger partial charge in [0.15, 0.2) is 0 Å². The van der Waals surface area contributed by atoms with Crippen molar-refractivity contribution in [3.05, 3.63) is 69.7 Å². The lowest BCUT2D eigenvalue weighted by molar-refractivity contribution is -0.137. The molecule has 2 heterocycles. The highest BCUT2D eigenvalue weighted by Gasteiger charge is 2.30. The van der Waals surface area contributed by atoms with E-state index in [1.54, 1.807) is 31.3 Å². The minimum Gasteiger partial charge on any atom is -0.345 e. The predicted octanol–water partition coefficient (Wildman–Crippen LogP) is 4.75. The van der Waals surface area contributed by atoms with Crippen molar-refractivity contribution >= 4 is 17.2 Å². The molecule has 8 heteroatoms. The smallest absolute Gasteiger partial charge is 0.345 e. The number of halogens is 3. The number of thiophene rings is 1. The SMILES string of the molecule is Cc1c([C@H](C)NC(=O)c2cccs2)cnn1-c1cccc(C(F)(F)F)c1. The lowest BCUT2D eigenvalue weighted by atomic mass is 10.1. The summed E-state index contributed by atoms with van der Waals surface area (Å²) >= 11 is 1.34. The Labute approximate surface area is 152 Å². The molecule has 3 aromatic rings. The zero-order valence-electron chi connectivity index (χ0n) is 14.0. The van der Waals surface area contributed by atoms with Gasteiger partial charge in [-0.1, -0.05) is 12.1 Å². The molecule has 0 bridgehead atoms. The molecule has 1 N–H and O–H groups in total. The Hall–Kier alpha value is -2.61. The summed E-state index contributed by atoms with van der Waals surface area (Å²) in [7, 11) is 0. The van der Waals surface area contributed by atoms with E-state index in [0.717, 1.165) is 17.7 Å². The largest absolute Gasteiger partial charge is 0.416 e. The third-order valence-electron chi connectivity index (χ3n) is 4.02. The molecule has 4 nitrogen and oxygen atoms in total. The Kier molecular flexibility index (Phi) is 4.86. The molecule has 0 aliphatic rings. The van der Waals surface area contributed by atoms with Crippen LogP contribution in [0.15, 0.2) is 48.0 Å². The van der Waals surface area contributed by atoms with Gasteiger partial charge in [-0.3, -0.25) is 4.79 Å². The van der Waals surface area contributed by atoms with Gasteiger partial charge in [0.25, 0.3) is 5.91 Å². The van der Waals surface area contributed by atoms with Crippen LogP contribution in [0, 0.1) is 6.92 Å². The topological polar surface area (TPSA) is 46.9 Å². The lowest BCUT2D eigenvalue weighted by Gasteiger charge is -2.14. The van der Waals surface area contributed by atoms with Crippen molar-refractivity contribution in [3.63, 3.8) is 0 Å². The molecular formula is C18H16F3N3OS. The molecule has 0 spiro atoms. The first kappa shape index (κ1) is 18.2. The van der Waals surface area contributed by atoms with Crippen molar-refractivity contribution in [1.29, 1.82) is 0 Å². The van der Waals surface area contributed by atoms with Gasteiger partial charge in [-0.05, 0) is 43.5 Å². The number of carbonyl (C=O) groups excluding carboxylic acids is 1. The second-order valence-electron chi connectivity index (χ2n) is 5.82. The van der Waals surface area contributed by atoms with Gasteiger partial charge in [0, 0.05) is 11.3 Å². The second kappa shape index (κ2) is 6.95. The average Bonchev–Trinajstić information content (AvgIpc) is 3.23. The minimum absolute atomic E-state index is 0.196. The van der Waals surface area contributed by atoms with E-state index in [1.165, 1.54) is 22.1 Å². The molecule has 0 fully saturated rings. The standard InChI is InChI=1S/C18H16F3N3OS/c1-11(23-17(25)16-7-4-8-26-16)15-10-22-24(12(15)2)14-6-3-5-13(9-14)18(19,20)21/h3-11H,1-2H3,(H,23,25)/t11-/m0/s1. The number of benzene rings is 1. The fourth-order valence-electron chi connectivity index (χ4n) is 2.67. The van der Waals surface area contributed by atoms with E-state index in [2.05, 4.69) is 10.4 Å². The van der Waals surface area contributed by atoms with Crippen LogP contribution in [0.4, 0.5) is 13.2 Å². The van der Waals surface area contributed by atoms with Gasteiger partial charge in [0.05, 0.1) is 28.4 Å².